The van der Waals surface area contributed by atoms with Crippen LogP contribution in [0.4, 0.5) is 11.4 Å². The van der Waals surface area contributed by atoms with E-state index in [4.69, 9.17) is 4.74 Å². The molecule has 0 aliphatic carbocycles. The number of benzene rings is 2. The molecule has 0 spiro atoms. The van der Waals surface area contributed by atoms with E-state index in [0.29, 0.717) is 37.6 Å². The monoisotopic (exact) mass is 532 g/mol. The van der Waals surface area contributed by atoms with Crippen molar-refractivity contribution in [2.45, 2.75) is 17.5 Å². The minimum atomic E-state index is -3.27. The van der Waals surface area contributed by atoms with Gasteiger partial charge in [0.2, 0.25) is 0 Å². The smallest absolute Gasteiger partial charge is 0.178 e. The maximum atomic E-state index is 11.9. The number of anilines is 2. The van der Waals surface area contributed by atoms with Gasteiger partial charge in [-0.1, -0.05) is 30.3 Å². The molecule has 2 aromatic carbocycles. The largest absolute Gasteiger partial charge is 0.487 e. The standard InChI is InChI=1S/C27H28N6O4S/c1-38(35,36)23-9-7-20(8-10-23)32-12-11-31(15-21(32)17-34)25-13-22(37-18-19-5-3-2-4-6-19)16-33-26(25)24-14-28-29-27(24)30-33/h2-10,13-14,16,21,34H,11-12,15,17-18H2,1H3,(H,29,30). The molecule has 5 aromatic rings. The van der Waals surface area contributed by atoms with Gasteiger partial charge in [0.25, 0.3) is 0 Å². The number of fused-ring (bicyclic) bond motifs is 3. The summed E-state index contributed by atoms with van der Waals surface area (Å²) in [7, 11) is -3.27. The number of H-pyrrole nitrogens is 1. The molecule has 1 unspecified atom stereocenters. The van der Waals surface area contributed by atoms with Gasteiger partial charge < -0.3 is 19.6 Å². The van der Waals surface area contributed by atoms with Crippen LogP contribution in [0.2, 0.25) is 0 Å². The first-order chi connectivity index (χ1) is 18.4. The van der Waals surface area contributed by atoms with E-state index in [1.54, 1.807) is 30.5 Å². The first-order valence-electron chi connectivity index (χ1n) is 12.4. The highest BCUT2D eigenvalue weighted by Crippen LogP contribution is 2.34. The van der Waals surface area contributed by atoms with Gasteiger partial charge in [0.15, 0.2) is 15.5 Å². The van der Waals surface area contributed by atoms with Crippen molar-refractivity contribution in [1.29, 1.82) is 0 Å². The average molecular weight is 533 g/mol. The fourth-order valence-corrected chi connectivity index (χ4v) is 5.67. The fraction of sp³-hybridized carbons (Fsp3) is 0.259. The van der Waals surface area contributed by atoms with Crippen LogP contribution in [0.15, 0.2) is 78.0 Å². The lowest BCUT2D eigenvalue weighted by molar-refractivity contribution is 0.253. The second-order valence-electron chi connectivity index (χ2n) is 9.50. The summed E-state index contributed by atoms with van der Waals surface area (Å²) >= 11 is 0. The van der Waals surface area contributed by atoms with Gasteiger partial charge in [0, 0.05) is 37.6 Å². The van der Waals surface area contributed by atoms with E-state index >= 15 is 0 Å². The number of aliphatic hydroxyl groups excluding tert-OH is 1. The molecule has 6 rings (SSSR count). The zero-order valence-electron chi connectivity index (χ0n) is 20.9. The Bertz CT molecular complexity index is 1680. The molecule has 10 nitrogen and oxygen atoms in total. The normalized spacial score (nSPS) is 16.4. The van der Waals surface area contributed by atoms with Gasteiger partial charge in [0.05, 0.1) is 41.0 Å². The van der Waals surface area contributed by atoms with Crippen molar-refractivity contribution >= 4 is 37.8 Å². The molecule has 1 fully saturated rings. The van der Waals surface area contributed by atoms with Gasteiger partial charge in [0.1, 0.15) is 17.9 Å². The molecule has 11 heteroatoms. The van der Waals surface area contributed by atoms with Crippen molar-refractivity contribution in [1.82, 2.24) is 19.8 Å². The van der Waals surface area contributed by atoms with Crippen molar-refractivity contribution < 1.29 is 18.3 Å². The molecule has 0 amide bonds. The van der Waals surface area contributed by atoms with Crippen LogP contribution in [0.1, 0.15) is 5.56 Å². The molecule has 3 aromatic heterocycles. The summed E-state index contributed by atoms with van der Waals surface area (Å²) in [4.78, 5) is 4.64. The third kappa shape index (κ3) is 4.54. The first kappa shape index (κ1) is 24.3. The SMILES string of the molecule is CS(=O)(=O)c1ccc(N2CCN(c3cc(OCc4ccccc4)cn4nc5[nH]ncc5c34)CC2CO)cc1. The van der Waals surface area contributed by atoms with E-state index in [0.717, 1.165) is 27.8 Å². The highest BCUT2D eigenvalue weighted by molar-refractivity contribution is 7.90. The molecule has 4 heterocycles. The number of aromatic nitrogens is 4. The zero-order valence-corrected chi connectivity index (χ0v) is 21.7. The highest BCUT2D eigenvalue weighted by atomic mass is 32.2. The molecule has 0 radical (unpaired) electrons. The average Bonchev–Trinajstić information content (AvgIpc) is 3.53. The second kappa shape index (κ2) is 9.66. The van der Waals surface area contributed by atoms with E-state index in [-0.39, 0.29) is 17.5 Å². The van der Waals surface area contributed by atoms with Gasteiger partial charge in [-0.05, 0) is 29.8 Å². The van der Waals surface area contributed by atoms with Crippen LogP contribution in [0, 0.1) is 0 Å². The highest BCUT2D eigenvalue weighted by Gasteiger charge is 2.29. The minimum Gasteiger partial charge on any atom is -0.487 e. The van der Waals surface area contributed by atoms with Crippen molar-refractivity contribution in [2.24, 2.45) is 0 Å². The Morgan fingerprint density at radius 2 is 1.89 bits per heavy atom. The van der Waals surface area contributed by atoms with E-state index in [1.165, 1.54) is 6.26 Å². The molecule has 0 saturated carbocycles. The number of rotatable bonds is 7. The number of piperazine rings is 1. The Labute approximate surface area is 220 Å². The Morgan fingerprint density at radius 3 is 2.63 bits per heavy atom. The number of aliphatic hydroxyl groups is 1. The van der Waals surface area contributed by atoms with Gasteiger partial charge in [-0.15, -0.1) is 5.10 Å². The van der Waals surface area contributed by atoms with Crippen LogP contribution < -0.4 is 14.5 Å². The number of hydrogen-bond acceptors (Lipinski definition) is 8. The Balaban J connectivity index is 1.31. The second-order valence-corrected chi connectivity index (χ2v) is 11.5. The molecule has 2 N–H and O–H groups in total. The van der Waals surface area contributed by atoms with Crippen LogP contribution in [0.5, 0.6) is 5.75 Å². The summed E-state index contributed by atoms with van der Waals surface area (Å²) in [5, 5.41) is 23.0. The summed E-state index contributed by atoms with van der Waals surface area (Å²) in [5.41, 5.74) is 4.51. The van der Waals surface area contributed by atoms with Crippen molar-refractivity contribution in [3.63, 3.8) is 0 Å². The Morgan fingerprint density at radius 1 is 1.11 bits per heavy atom. The summed E-state index contributed by atoms with van der Waals surface area (Å²) in [6, 6.07) is 18.7. The summed E-state index contributed by atoms with van der Waals surface area (Å²) in [5.74, 6) is 0.689. The third-order valence-corrected chi connectivity index (χ3v) is 8.09. The Hall–Kier alpha value is -4.09. The van der Waals surface area contributed by atoms with Gasteiger partial charge in [-0.2, -0.15) is 5.10 Å². The predicted octanol–water partition coefficient (Wildman–Crippen LogP) is 2.88. The number of nitrogens with zero attached hydrogens (tertiary/aromatic N) is 5. The van der Waals surface area contributed by atoms with E-state index in [1.807, 2.05) is 47.1 Å². The molecule has 1 atom stereocenters. The van der Waals surface area contributed by atoms with E-state index in [2.05, 4.69) is 25.1 Å². The maximum Gasteiger partial charge on any atom is 0.178 e. The van der Waals surface area contributed by atoms with Crippen LogP contribution >= 0.6 is 0 Å². The summed E-state index contributed by atoms with van der Waals surface area (Å²) < 4.78 is 31.7. The number of hydrogen-bond donors (Lipinski definition) is 2. The van der Waals surface area contributed by atoms with Crippen LogP contribution in [-0.4, -0.2) is 71.9 Å². The quantitative estimate of drug-likeness (QED) is 0.329. The molecule has 1 saturated heterocycles. The van der Waals surface area contributed by atoms with Crippen molar-refractivity contribution in [3.8, 4) is 5.75 Å². The summed E-state index contributed by atoms with van der Waals surface area (Å²) in [6.07, 6.45) is 4.84. The number of aromatic amines is 1. The number of ether oxygens (including phenoxy) is 1. The lowest BCUT2D eigenvalue weighted by Gasteiger charge is -2.43. The maximum absolute atomic E-state index is 11.9. The fourth-order valence-electron chi connectivity index (χ4n) is 5.04. The number of nitrogens with one attached hydrogen (secondary N) is 1. The zero-order chi connectivity index (χ0) is 26.3. The molecule has 1 aliphatic rings. The van der Waals surface area contributed by atoms with Crippen LogP contribution in [-0.2, 0) is 16.4 Å². The molecule has 1 aliphatic heterocycles. The lowest BCUT2D eigenvalue weighted by atomic mass is 10.1. The first-order valence-corrected chi connectivity index (χ1v) is 14.2. The van der Waals surface area contributed by atoms with Gasteiger partial charge in [-0.3, -0.25) is 5.10 Å². The molecular weight excluding hydrogens is 504 g/mol. The third-order valence-electron chi connectivity index (χ3n) is 6.96. The van der Waals surface area contributed by atoms with E-state index in [9.17, 15) is 13.5 Å². The topological polar surface area (TPSA) is 116 Å². The Kier molecular flexibility index (Phi) is 6.16. The molecule has 38 heavy (non-hydrogen) atoms. The van der Waals surface area contributed by atoms with Crippen LogP contribution in [0.3, 0.4) is 0 Å². The van der Waals surface area contributed by atoms with Gasteiger partial charge >= 0.3 is 0 Å². The van der Waals surface area contributed by atoms with Crippen molar-refractivity contribution in [2.75, 3.05) is 42.3 Å². The van der Waals surface area contributed by atoms with Crippen LogP contribution in [0.25, 0.3) is 16.6 Å². The summed E-state index contributed by atoms with van der Waals surface area (Å²) in [6.45, 7) is 2.28. The molecule has 0 bridgehead atoms. The number of sulfone groups is 1. The van der Waals surface area contributed by atoms with Gasteiger partial charge in [-0.25, -0.2) is 12.9 Å². The molecular formula is C27H28N6O4S. The minimum absolute atomic E-state index is 0.0504. The van der Waals surface area contributed by atoms with Crippen molar-refractivity contribution in [3.05, 3.63) is 78.6 Å². The molecule has 196 valence electrons. The number of pyridine rings is 1. The lowest BCUT2D eigenvalue weighted by Crippen LogP contribution is -2.55. The predicted molar refractivity (Wildman–Crippen MR) is 146 cm³/mol. The van der Waals surface area contributed by atoms with E-state index < -0.39 is 9.84 Å².